The molecular weight excluding hydrogens is 380 g/mol. The SMILES string of the molecule is [2H]C(c1ccc2c(C(=O)OC)cn(C)cc1-2)C([2H])c1ccc2c(C(=O)OC)cn(C)cc1-2. The molecule has 0 amide bonds. The Morgan fingerprint density at radius 3 is 1.50 bits per heavy atom. The molecule has 0 fully saturated rings. The lowest BCUT2D eigenvalue weighted by Gasteiger charge is -2.13. The van der Waals surface area contributed by atoms with Gasteiger partial charge in [0, 0.05) is 52.8 Å². The van der Waals surface area contributed by atoms with E-state index in [1.54, 1.807) is 59.9 Å². The Hall–Kier alpha value is -3.54. The zero-order valence-corrected chi connectivity index (χ0v) is 17.3. The molecule has 0 saturated carbocycles. The van der Waals surface area contributed by atoms with Crippen LogP contribution in [0.25, 0.3) is 22.3 Å². The average Bonchev–Trinajstić information content (AvgIpc) is 3.40. The van der Waals surface area contributed by atoms with Gasteiger partial charge < -0.3 is 18.6 Å². The zero-order chi connectivity index (χ0) is 23.2. The summed E-state index contributed by atoms with van der Waals surface area (Å²) in [5.74, 6) is -0.894. The van der Waals surface area contributed by atoms with Crippen LogP contribution in [0.15, 0.2) is 49.1 Å². The first-order valence-electron chi connectivity index (χ1n) is 10.6. The van der Waals surface area contributed by atoms with E-state index in [1.165, 1.54) is 14.2 Å². The molecule has 30 heavy (non-hydrogen) atoms. The maximum atomic E-state index is 12.2. The number of esters is 2. The van der Waals surface area contributed by atoms with Crippen molar-refractivity contribution in [3.8, 4) is 22.3 Å². The van der Waals surface area contributed by atoms with Crippen molar-refractivity contribution in [2.24, 2.45) is 14.1 Å². The lowest BCUT2D eigenvalue weighted by Crippen LogP contribution is -2.08. The normalized spacial score (nSPS) is 14.3. The maximum Gasteiger partial charge on any atom is 0.339 e. The molecule has 6 heteroatoms. The Labute approximate surface area is 178 Å². The number of carbonyl (C=O) groups excluding carboxylic acids is 2. The highest BCUT2D eigenvalue weighted by Gasteiger charge is 2.22. The van der Waals surface area contributed by atoms with Crippen LogP contribution >= 0.6 is 0 Å². The molecule has 2 heterocycles. The highest BCUT2D eigenvalue weighted by Crippen LogP contribution is 2.35. The quantitative estimate of drug-likeness (QED) is 0.471. The molecule has 2 aliphatic carbocycles. The molecule has 0 radical (unpaired) electrons. The topological polar surface area (TPSA) is 62.5 Å². The van der Waals surface area contributed by atoms with Gasteiger partial charge in [0.2, 0.25) is 0 Å². The Kier molecular flexibility index (Phi) is 4.45. The van der Waals surface area contributed by atoms with Crippen LogP contribution in [0.2, 0.25) is 0 Å². The number of hydrogen-bond donors (Lipinski definition) is 0. The fraction of sp³-hybridized carbons (Fsp3) is 0.250. The van der Waals surface area contributed by atoms with Crippen LogP contribution in [-0.4, -0.2) is 35.3 Å². The molecular formula is C24H24N2O4. The van der Waals surface area contributed by atoms with Crippen molar-refractivity contribution in [2.45, 2.75) is 12.8 Å². The summed E-state index contributed by atoms with van der Waals surface area (Å²) in [6, 6.07) is 7.18. The predicted octanol–water partition coefficient (Wildman–Crippen LogP) is 3.93. The third kappa shape index (κ3) is 3.34. The molecule has 0 N–H and O–H groups in total. The second-order valence-electron chi connectivity index (χ2n) is 7.22. The van der Waals surface area contributed by atoms with Gasteiger partial charge in [0.15, 0.2) is 0 Å². The number of carbonyl (C=O) groups is 2. The van der Waals surface area contributed by atoms with E-state index >= 15 is 0 Å². The summed E-state index contributed by atoms with van der Waals surface area (Å²) >= 11 is 0. The molecule has 2 atom stereocenters. The molecule has 0 aromatic heterocycles. The zero-order valence-electron chi connectivity index (χ0n) is 19.3. The molecule has 0 spiro atoms. The lowest BCUT2D eigenvalue weighted by atomic mass is 9.97. The van der Waals surface area contributed by atoms with Gasteiger partial charge in [-0.15, -0.1) is 0 Å². The molecule has 0 bridgehead atoms. The Morgan fingerprint density at radius 1 is 0.733 bits per heavy atom. The number of rotatable bonds is 5. The smallest absolute Gasteiger partial charge is 0.339 e. The van der Waals surface area contributed by atoms with Crippen LogP contribution in [0.3, 0.4) is 0 Å². The van der Waals surface area contributed by atoms with Crippen LogP contribution in [0, 0.1) is 0 Å². The van der Waals surface area contributed by atoms with Crippen molar-refractivity contribution in [3.63, 3.8) is 0 Å². The standard InChI is InChI=1S/C24H24N2O4/c1-25-11-19-15(7-9-17(19)21(13-25)23(27)29-3)5-6-16-8-10-18-20(16)12-26(2)14-22(18)24(28)30-4/h7-14H,5-6H2,1-4H3/i5D,6D. The molecule has 2 unspecified atom stereocenters. The van der Waals surface area contributed by atoms with E-state index in [0.29, 0.717) is 33.4 Å². The Bertz CT molecular complexity index is 1160. The third-order valence-corrected chi connectivity index (χ3v) is 5.23. The number of fused-ring (bicyclic) bond motifs is 2. The van der Waals surface area contributed by atoms with Gasteiger partial charge in [0.1, 0.15) is 0 Å². The van der Waals surface area contributed by atoms with Crippen LogP contribution in [-0.2, 0) is 36.4 Å². The summed E-state index contributed by atoms with van der Waals surface area (Å²) in [5, 5.41) is 0. The second-order valence-corrected chi connectivity index (χ2v) is 7.22. The van der Waals surface area contributed by atoms with Gasteiger partial charge >= 0.3 is 11.9 Å². The highest BCUT2D eigenvalue weighted by atomic mass is 16.5. The Balaban J connectivity index is 1.74. The minimum atomic E-state index is -0.905. The van der Waals surface area contributed by atoms with Crippen molar-refractivity contribution in [1.29, 1.82) is 0 Å². The first kappa shape index (κ1) is 17.3. The van der Waals surface area contributed by atoms with E-state index in [2.05, 4.69) is 0 Å². The first-order chi connectivity index (χ1) is 15.3. The van der Waals surface area contributed by atoms with E-state index in [1.807, 2.05) is 12.4 Å². The second kappa shape index (κ2) is 7.71. The van der Waals surface area contributed by atoms with Crippen LogP contribution in [0.5, 0.6) is 0 Å². The van der Waals surface area contributed by atoms with E-state index < -0.39 is 24.7 Å². The van der Waals surface area contributed by atoms with E-state index in [9.17, 15) is 9.59 Å². The minimum absolute atomic E-state index is 0.418. The molecule has 0 saturated heterocycles. The number of nitrogens with zero attached hydrogens (tertiary/aromatic N) is 2. The molecule has 0 aromatic rings. The Morgan fingerprint density at radius 2 is 1.13 bits per heavy atom. The van der Waals surface area contributed by atoms with Crippen molar-refractivity contribution in [1.82, 2.24) is 9.13 Å². The number of hydrogen-bond acceptors (Lipinski definition) is 4. The number of methoxy groups -OCH3 is 2. The molecule has 0 aromatic carbocycles. The molecule has 2 aliphatic heterocycles. The highest BCUT2D eigenvalue weighted by molar-refractivity contribution is 5.99. The van der Waals surface area contributed by atoms with Crippen molar-refractivity contribution in [3.05, 3.63) is 71.3 Å². The summed E-state index contributed by atoms with van der Waals surface area (Å²) in [6.07, 6.45) is 5.27. The van der Waals surface area contributed by atoms with Gasteiger partial charge in [-0.3, -0.25) is 0 Å². The minimum Gasteiger partial charge on any atom is -0.465 e. The van der Waals surface area contributed by atoms with Crippen LogP contribution in [0.1, 0.15) is 34.6 Å². The van der Waals surface area contributed by atoms with Crippen molar-refractivity contribution >= 4 is 11.9 Å². The maximum absolute atomic E-state index is 12.2. The molecule has 4 aliphatic rings. The third-order valence-electron chi connectivity index (χ3n) is 5.23. The average molecular weight is 406 g/mol. The summed E-state index contributed by atoms with van der Waals surface area (Å²) in [4.78, 5) is 24.4. The van der Waals surface area contributed by atoms with Crippen molar-refractivity contribution < 1.29 is 21.8 Å². The van der Waals surface area contributed by atoms with Gasteiger partial charge in [0.05, 0.1) is 25.3 Å². The summed E-state index contributed by atoms with van der Waals surface area (Å²) in [6.45, 7) is 0. The van der Waals surface area contributed by atoms with E-state index in [4.69, 9.17) is 12.2 Å². The van der Waals surface area contributed by atoms with Gasteiger partial charge in [-0.2, -0.15) is 0 Å². The van der Waals surface area contributed by atoms with Gasteiger partial charge in [-0.05, 0) is 35.0 Å². The lowest BCUT2D eigenvalue weighted by molar-refractivity contribution is 0.0591. The predicted molar refractivity (Wildman–Crippen MR) is 114 cm³/mol. The fourth-order valence-electron chi connectivity index (χ4n) is 3.82. The number of pyridine rings is 2. The number of ether oxygens (including phenoxy) is 2. The summed E-state index contributed by atoms with van der Waals surface area (Å²) in [5.41, 5.74) is 5.02. The van der Waals surface area contributed by atoms with Crippen molar-refractivity contribution in [2.75, 3.05) is 14.2 Å². The van der Waals surface area contributed by atoms with Crippen LogP contribution < -0.4 is 0 Å². The summed E-state index contributed by atoms with van der Waals surface area (Å²) in [7, 11) is 6.28. The van der Waals surface area contributed by atoms with Crippen LogP contribution in [0.4, 0.5) is 0 Å². The van der Waals surface area contributed by atoms with E-state index in [0.717, 1.165) is 11.1 Å². The molecule has 6 nitrogen and oxygen atoms in total. The largest absolute Gasteiger partial charge is 0.465 e. The monoisotopic (exact) mass is 406 g/mol. The number of aryl methyl sites for hydroxylation is 4. The molecule has 154 valence electrons. The molecule has 4 rings (SSSR count). The van der Waals surface area contributed by atoms with E-state index in [-0.39, 0.29) is 0 Å². The summed E-state index contributed by atoms with van der Waals surface area (Å²) < 4.78 is 31.1. The van der Waals surface area contributed by atoms with Gasteiger partial charge in [-0.1, -0.05) is 24.3 Å². The van der Waals surface area contributed by atoms with Gasteiger partial charge in [-0.25, -0.2) is 9.59 Å². The number of aromatic nitrogens is 2. The van der Waals surface area contributed by atoms with Gasteiger partial charge in [0.25, 0.3) is 0 Å². The fourth-order valence-corrected chi connectivity index (χ4v) is 3.82. The first-order valence-corrected chi connectivity index (χ1v) is 9.45.